The molecule has 0 N–H and O–H groups in total. The Labute approximate surface area is 90.5 Å². The van der Waals surface area contributed by atoms with Gasteiger partial charge in [-0.25, -0.2) is 0 Å². The first kappa shape index (κ1) is 9.23. The lowest BCUT2D eigenvalue weighted by molar-refractivity contribution is 0.907. The smallest absolute Gasteiger partial charge is 0.0842 e. The molecule has 1 aromatic rings. The fraction of sp³-hybridized carbons (Fsp3) is 0.500. The third-order valence-electron chi connectivity index (χ3n) is 2.57. The van der Waals surface area contributed by atoms with Crippen molar-refractivity contribution >= 4 is 27.3 Å². The van der Waals surface area contributed by atoms with Crippen molar-refractivity contribution < 1.29 is 0 Å². The van der Waals surface area contributed by atoms with Crippen LogP contribution in [0.2, 0.25) is 0 Å². The van der Waals surface area contributed by atoms with E-state index in [1.165, 1.54) is 10.4 Å². The molecule has 0 amide bonds. The van der Waals surface area contributed by atoms with Crippen LogP contribution in [0.15, 0.2) is 9.85 Å². The zero-order valence-electron chi connectivity index (χ0n) is 7.43. The van der Waals surface area contributed by atoms with Crippen LogP contribution in [0.5, 0.6) is 0 Å². The van der Waals surface area contributed by atoms with Crippen LogP contribution in [0.25, 0.3) is 0 Å². The monoisotopic (exact) mass is 255 g/mol. The molecule has 1 saturated carbocycles. The Morgan fingerprint density at radius 3 is 2.77 bits per heavy atom. The fourth-order valence-corrected chi connectivity index (χ4v) is 3.52. The van der Waals surface area contributed by atoms with Crippen molar-refractivity contribution in [1.29, 1.82) is 5.26 Å². The molecule has 0 aliphatic heterocycles. The van der Waals surface area contributed by atoms with Gasteiger partial charge in [0.25, 0.3) is 0 Å². The summed E-state index contributed by atoms with van der Waals surface area (Å²) in [6.07, 6.45) is 3.12. The maximum atomic E-state index is 9.05. The lowest BCUT2D eigenvalue weighted by Gasteiger charge is -2.01. The summed E-state index contributed by atoms with van der Waals surface area (Å²) in [6, 6.07) is 4.61. The van der Waals surface area contributed by atoms with Crippen molar-refractivity contribution in [1.82, 2.24) is 0 Å². The van der Waals surface area contributed by atoms with Crippen molar-refractivity contribution in [2.75, 3.05) is 0 Å². The van der Waals surface area contributed by atoms with E-state index in [1.807, 2.05) is 0 Å². The highest BCUT2D eigenvalue weighted by Gasteiger charge is 2.46. The number of nitrogens with zero attached hydrogens (tertiary/aromatic N) is 1. The highest BCUT2D eigenvalue weighted by atomic mass is 79.9. The first-order valence-electron chi connectivity index (χ1n) is 4.42. The van der Waals surface area contributed by atoms with Gasteiger partial charge in [0.05, 0.1) is 15.3 Å². The summed E-state index contributed by atoms with van der Waals surface area (Å²) in [5.74, 6) is 0. The van der Waals surface area contributed by atoms with E-state index < -0.39 is 0 Å². The first-order valence-corrected chi connectivity index (χ1v) is 6.03. The molecule has 1 nitrogen and oxygen atoms in total. The quantitative estimate of drug-likeness (QED) is 0.792. The first-order chi connectivity index (χ1) is 6.22. The van der Waals surface area contributed by atoms with Gasteiger partial charge in [-0.3, -0.25) is 0 Å². The summed E-state index contributed by atoms with van der Waals surface area (Å²) < 4.78 is 1.16. The van der Waals surface area contributed by atoms with Gasteiger partial charge in [0.1, 0.15) is 0 Å². The van der Waals surface area contributed by atoms with Crippen LogP contribution >= 0.6 is 27.3 Å². The van der Waals surface area contributed by atoms with Gasteiger partial charge in [-0.2, -0.15) is 5.26 Å². The molecule has 1 aliphatic rings. The predicted molar refractivity (Wildman–Crippen MR) is 57.9 cm³/mol. The molecule has 1 aromatic heterocycles. The molecular formula is C10H10BrNS. The molecule has 0 aromatic carbocycles. The van der Waals surface area contributed by atoms with Crippen LogP contribution in [0.1, 0.15) is 30.2 Å². The van der Waals surface area contributed by atoms with Gasteiger partial charge < -0.3 is 0 Å². The maximum absolute atomic E-state index is 9.05. The van der Waals surface area contributed by atoms with Gasteiger partial charge in [0, 0.05) is 4.88 Å². The molecule has 0 saturated heterocycles. The Morgan fingerprint density at radius 1 is 1.69 bits per heavy atom. The molecule has 1 heterocycles. The van der Waals surface area contributed by atoms with E-state index in [4.69, 9.17) is 5.26 Å². The minimum atomic E-state index is -0.136. The van der Waals surface area contributed by atoms with E-state index in [2.05, 4.69) is 35.0 Å². The fourth-order valence-electron chi connectivity index (χ4n) is 1.48. The maximum Gasteiger partial charge on any atom is 0.0842 e. The van der Waals surface area contributed by atoms with Crippen molar-refractivity contribution in [2.45, 2.75) is 31.6 Å². The second kappa shape index (κ2) is 3.11. The van der Waals surface area contributed by atoms with E-state index in [-0.39, 0.29) is 5.41 Å². The third kappa shape index (κ3) is 1.43. The standard InChI is InChI=1S/C10H10BrNS/c1-2-7-5-8(9(11)13-7)10(6-12)3-4-10/h5H,2-4H2,1H3. The number of nitriles is 1. The molecule has 3 heteroatoms. The molecule has 0 bridgehead atoms. The van der Waals surface area contributed by atoms with Crippen LogP contribution in [-0.2, 0) is 11.8 Å². The number of hydrogen-bond donors (Lipinski definition) is 0. The molecule has 0 radical (unpaired) electrons. The second-order valence-corrected chi connectivity index (χ2v) is 5.90. The second-order valence-electron chi connectivity index (χ2n) is 3.45. The number of halogens is 1. The number of hydrogen-bond acceptors (Lipinski definition) is 2. The van der Waals surface area contributed by atoms with Crippen molar-refractivity contribution in [3.8, 4) is 6.07 Å². The number of aryl methyl sites for hydroxylation is 1. The molecule has 68 valence electrons. The summed E-state index contributed by atoms with van der Waals surface area (Å²) in [4.78, 5) is 1.36. The van der Waals surface area contributed by atoms with Gasteiger partial charge in [0.15, 0.2) is 0 Å². The summed E-state index contributed by atoms with van der Waals surface area (Å²) in [5.41, 5.74) is 1.08. The summed E-state index contributed by atoms with van der Waals surface area (Å²) in [5, 5.41) is 9.05. The number of thiophene rings is 1. The van der Waals surface area contributed by atoms with Gasteiger partial charge in [-0.05, 0) is 46.8 Å². The molecule has 1 aliphatic carbocycles. The van der Waals surface area contributed by atoms with Crippen LogP contribution in [0.3, 0.4) is 0 Å². The van der Waals surface area contributed by atoms with Crippen molar-refractivity contribution in [3.63, 3.8) is 0 Å². The lowest BCUT2D eigenvalue weighted by atomic mass is 10.0. The SMILES string of the molecule is CCc1cc(C2(C#N)CC2)c(Br)s1. The highest BCUT2D eigenvalue weighted by Crippen LogP contribution is 2.52. The highest BCUT2D eigenvalue weighted by molar-refractivity contribution is 9.11. The minimum absolute atomic E-state index is 0.136. The van der Waals surface area contributed by atoms with Crippen LogP contribution in [-0.4, -0.2) is 0 Å². The molecule has 0 spiro atoms. The van der Waals surface area contributed by atoms with Crippen LogP contribution in [0, 0.1) is 11.3 Å². The largest absolute Gasteiger partial charge is 0.197 e. The topological polar surface area (TPSA) is 23.8 Å². The Balaban J connectivity index is 2.41. The van der Waals surface area contributed by atoms with E-state index in [9.17, 15) is 0 Å². The lowest BCUT2D eigenvalue weighted by Crippen LogP contribution is -2.00. The van der Waals surface area contributed by atoms with Crippen molar-refractivity contribution in [3.05, 3.63) is 20.3 Å². The minimum Gasteiger partial charge on any atom is -0.197 e. The van der Waals surface area contributed by atoms with Gasteiger partial charge in [0.2, 0.25) is 0 Å². The Hall–Kier alpha value is -0.330. The summed E-state index contributed by atoms with van der Waals surface area (Å²) in [7, 11) is 0. The third-order valence-corrected chi connectivity index (χ3v) is 4.55. The van der Waals surface area contributed by atoms with Crippen LogP contribution in [0.4, 0.5) is 0 Å². The van der Waals surface area contributed by atoms with Gasteiger partial charge >= 0.3 is 0 Å². The molecule has 2 rings (SSSR count). The molecule has 1 fully saturated rings. The average Bonchev–Trinajstić information content (AvgIpc) is 2.85. The molecule has 0 unspecified atom stereocenters. The van der Waals surface area contributed by atoms with Crippen LogP contribution < -0.4 is 0 Å². The molecule has 13 heavy (non-hydrogen) atoms. The average molecular weight is 256 g/mol. The summed E-state index contributed by atoms with van der Waals surface area (Å²) in [6.45, 7) is 2.15. The number of rotatable bonds is 2. The van der Waals surface area contributed by atoms with Gasteiger partial charge in [-0.15, -0.1) is 11.3 Å². The van der Waals surface area contributed by atoms with Crippen molar-refractivity contribution in [2.24, 2.45) is 0 Å². The normalized spacial score (nSPS) is 18.2. The zero-order chi connectivity index (χ0) is 9.47. The zero-order valence-corrected chi connectivity index (χ0v) is 9.83. The van der Waals surface area contributed by atoms with E-state index >= 15 is 0 Å². The summed E-state index contributed by atoms with van der Waals surface area (Å²) >= 11 is 5.30. The Bertz CT molecular complexity index is 371. The Kier molecular flexibility index (Phi) is 2.21. The Morgan fingerprint density at radius 2 is 2.38 bits per heavy atom. The van der Waals surface area contributed by atoms with E-state index in [1.54, 1.807) is 11.3 Å². The molecular weight excluding hydrogens is 246 g/mol. The van der Waals surface area contributed by atoms with Gasteiger partial charge in [-0.1, -0.05) is 6.92 Å². The van der Waals surface area contributed by atoms with E-state index in [0.717, 1.165) is 23.0 Å². The predicted octanol–water partition coefficient (Wildman–Crippen LogP) is 3.63. The molecule has 0 atom stereocenters. The van der Waals surface area contributed by atoms with E-state index in [0.29, 0.717) is 0 Å².